The van der Waals surface area contributed by atoms with E-state index >= 15 is 0 Å². The molecule has 0 fully saturated rings. The van der Waals surface area contributed by atoms with E-state index in [1.54, 1.807) is 40.1 Å². The number of allylic oxidation sites excluding steroid dienone is 1. The number of H-pyrrole nitrogens is 1. The zero-order valence-corrected chi connectivity index (χ0v) is 25.0. The van der Waals surface area contributed by atoms with Crippen LogP contribution in [-0.4, -0.2) is 69.6 Å². The summed E-state index contributed by atoms with van der Waals surface area (Å²) in [6.07, 6.45) is 4.38. The summed E-state index contributed by atoms with van der Waals surface area (Å²) in [7, 11) is 4.41. The van der Waals surface area contributed by atoms with E-state index in [1.165, 1.54) is 22.7 Å². The van der Waals surface area contributed by atoms with Crippen molar-refractivity contribution in [3.63, 3.8) is 0 Å². The number of carbonyl (C=O) groups is 3. The summed E-state index contributed by atoms with van der Waals surface area (Å²) in [5, 5.41) is 5.09. The van der Waals surface area contributed by atoms with E-state index in [1.807, 2.05) is 13.8 Å². The molecule has 13 heteroatoms. The van der Waals surface area contributed by atoms with Crippen LogP contribution in [0.1, 0.15) is 49.5 Å². The van der Waals surface area contributed by atoms with Crippen LogP contribution in [0.25, 0.3) is 11.0 Å². The second-order valence-corrected chi connectivity index (χ2v) is 10.7. The molecule has 0 aliphatic carbocycles. The highest BCUT2D eigenvalue weighted by Gasteiger charge is 2.23. The number of nitrogens with one attached hydrogen (secondary N) is 3. The highest BCUT2D eigenvalue weighted by molar-refractivity contribution is 5.96. The Morgan fingerprint density at radius 1 is 1.24 bits per heavy atom. The third-order valence-corrected chi connectivity index (χ3v) is 6.70. The molecule has 0 aromatic carbocycles. The maximum absolute atomic E-state index is 14.5. The molecule has 0 saturated carbocycles. The molecule has 3 N–H and O–H groups in total. The molecule has 0 radical (unpaired) electrons. The Labute approximate surface area is 243 Å². The van der Waals surface area contributed by atoms with E-state index in [-0.39, 0.29) is 30.1 Å². The summed E-state index contributed by atoms with van der Waals surface area (Å²) < 4.78 is 20.6. The van der Waals surface area contributed by atoms with Crippen molar-refractivity contribution < 1.29 is 23.5 Å². The number of hydrogen-bond acceptors (Lipinski definition) is 7. The number of aromatic nitrogens is 4. The Morgan fingerprint density at radius 3 is 2.60 bits per heavy atom. The van der Waals surface area contributed by atoms with Crippen molar-refractivity contribution in [3.05, 3.63) is 63.4 Å². The predicted molar refractivity (Wildman–Crippen MR) is 157 cm³/mol. The number of aryl methyl sites for hydroxylation is 1. The van der Waals surface area contributed by atoms with Crippen LogP contribution in [-0.2, 0) is 27.3 Å². The van der Waals surface area contributed by atoms with Gasteiger partial charge in [0, 0.05) is 19.8 Å². The van der Waals surface area contributed by atoms with Crippen molar-refractivity contribution in [2.24, 2.45) is 5.92 Å². The van der Waals surface area contributed by atoms with Gasteiger partial charge in [-0.05, 0) is 56.7 Å². The lowest BCUT2D eigenvalue weighted by Crippen LogP contribution is -2.44. The first-order valence-corrected chi connectivity index (χ1v) is 13.6. The molecular weight excluding hydrogens is 545 g/mol. The Kier molecular flexibility index (Phi) is 10.6. The van der Waals surface area contributed by atoms with Crippen LogP contribution in [0.2, 0.25) is 0 Å². The molecule has 0 spiro atoms. The van der Waals surface area contributed by atoms with Crippen molar-refractivity contribution in [1.29, 1.82) is 0 Å². The number of anilines is 1. The van der Waals surface area contributed by atoms with Crippen LogP contribution in [0.4, 0.5) is 14.9 Å². The van der Waals surface area contributed by atoms with Crippen LogP contribution in [0.15, 0.2) is 29.2 Å². The first kappa shape index (κ1) is 32.0. The molecule has 0 aliphatic heterocycles. The number of rotatable bonds is 11. The topological polar surface area (TPSA) is 151 Å². The van der Waals surface area contributed by atoms with E-state index in [9.17, 15) is 23.6 Å². The normalized spacial score (nSPS) is 12.1. The van der Waals surface area contributed by atoms with Crippen molar-refractivity contribution in [2.75, 3.05) is 26.5 Å². The molecule has 12 nitrogen and oxygen atoms in total. The van der Waals surface area contributed by atoms with Crippen LogP contribution in [0.3, 0.4) is 0 Å². The lowest BCUT2D eigenvalue weighted by molar-refractivity contribution is -0.123. The van der Waals surface area contributed by atoms with Gasteiger partial charge in [-0.15, -0.1) is 0 Å². The molecule has 0 saturated heterocycles. The van der Waals surface area contributed by atoms with Gasteiger partial charge in [0.05, 0.1) is 31.1 Å². The SMILES string of the molecule is COC(=O)N[C@@H](CC/C=C/C(=O)N(C)C)C(=O)Nc1cc(C)c(C)n(Cc2nc3c(F)cnc(CC(C)C)c3[nH]2)c1=O. The maximum atomic E-state index is 14.5. The number of amides is 3. The van der Waals surface area contributed by atoms with Crippen molar-refractivity contribution >= 4 is 34.6 Å². The average molecular weight is 584 g/mol. The number of methoxy groups -OCH3 is 1. The minimum absolute atomic E-state index is 0.000999. The molecule has 3 amide bonds. The maximum Gasteiger partial charge on any atom is 0.407 e. The first-order valence-electron chi connectivity index (χ1n) is 13.6. The number of fused-ring (bicyclic) bond motifs is 1. The molecule has 226 valence electrons. The van der Waals surface area contributed by atoms with Gasteiger partial charge >= 0.3 is 6.09 Å². The molecule has 3 aromatic heterocycles. The summed E-state index contributed by atoms with van der Waals surface area (Å²) in [6.45, 7) is 7.63. The van der Waals surface area contributed by atoms with Gasteiger partial charge in [0.25, 0.3) is 5.56 Å². The van der Waals surface area contributed by atoms with Crippen LogP contribution in [0, 0.1) is 25.6 Å². The molecule has 1 atom stereocenters. The molecule has 3 aromatic rings. The predicted octanol–water partition coefficient (Wildman–Crippen LogP) is 3.21. The molecule has 42 heavy (non-hydrogen) atoms. The summed E-state index contributed by atoms with van der Waals surface area (Å²) >= 11 is 0. The van der Waals surface area contributed by atoms with Gasteiger partial charge in [-0.25, -0.2) is 14.2 Å². The second-order valence-electron chi connectivity index (χ2n) is 10.7. The Balaban J connectivity index is 1.88. The summed E-state index contributed by atoms with van der Waals surface area (Å²) in [5.41, 5.74) is 2.19. The van der Waals surface area contributed by atoms with Gasteiger partial charge < -0.3 is 29.8 Å². The number of alkyl carbamates (subject to hydrolysis) is 1. The Hall–Kier alpha value is -4.55. The fourth-order valence-corrected chi connectivity index (χ4v) is 4.29. The molecule has 3 rings (SSSR count). The fourth-order valence-electron chi connectivity index (χ4n) is 4.29. The van der Waals surface area contributed by atoms with Crippen molar-refractivity contribution in [2.45, 2.75) is 59.5 Å². The van der Waals surface area contributed by atoms with Crippen LogP contribution < -0.4 is 16.2 Å². The van der Waals surface area contributed by atoms with Gasteiger partial charge in [0.1, 0.15) is 23.1 Å². The molecule has 0 aliphatic rings. The number of ether oxygens (including phenoxy) is 1. The van der Waals surface area contributed by atoms with Crippen molar-refractivity contribution in [1.82, 2.24) is 29.7 Å². The van der Waals surface area contributed by atoms with E-state index < -0.39 is 29.4 Å². The number of halogens is 1. The van der Waals surface area contributed by atoms with E-state index in [0.717, 1.165) is 11.8 Å². The zero-order chi connectivity index (χ0) is 31.1. The number of imidazole rings is 1. The third-order valence-electron chi connectivity index (χ3n) is 6.70. The number of hydrogen-bond donors (Lipinski definition) is 3. The number of pyridine rings is 2. The molecular formula is C29H38FN7O5. The number of carbonyl (C=O) groups excluding carboxylic acids is 3. The molecule has 3 heterocycles. The Bertz CT molecular complexity index is 1560. The van der Waals surface area contributed by atoms with E-state index in [4.69, 9.17) is 0 Å². The summed E-state index contributed by atoms with van der Waals surface area (Å²) in [5.74, 6) is -0.757. The minimum atomic E-state index is -1.05. The number of likely N-dealkylation sites (N-methyl/N-ethyl adjacent to an activating group) is 1. The first-order chi connectivity index (χ1) is 19.8. The van der Waals surface area contributed by atoms with E-state index in [2.05, 4.69) is 30.3 Å². The summed E-state index contributed by atoms with van der Waals surface area (Å²) in [4.78, 5) is 63.6. The van der Waals surface area contributed by atoms with E-state index in [0.29, 0.717) is 41.5 Å². The second kappa shape index (κ2) is 13.9. The smallest absolute Gasteiger partial charge is 0.407 e. The fraction of sp³-hybridized carbons (Fsp3) is 0.448. The van der Waals surface area contributed by atoms with Gasteiger partial charge in [0.2, 0.25) is 11.8 Å². The lowest BCUT2D eigenvalue weighted by Gasteiger charge is -2.19. The lowest BCUT2D eigenvalue weighted by atomic mass is 10.1. The largest absolute Gasteiger partial charge is 0.453 e. The number of aromatic amines is 1. The highest BCUT2D eigenvalue weighted by atomic mass is 19.1. The molecule has 0 unspecified atom stereocenters. The monoisotopic (exact) mass is 583 g/mol. The van der Waals surface area contributed by atoms with Gasteiger partial charge in [-0.3, -0.25) is 19.4 Å². The third kappa shape index (κ3) is 7.80. The standard InChI is InChI=1S/C29H38FN7O5/c1-16(2)12-21-26-25(19(30)14-31-21)34-23(35-26)15-37-18(4)17(3)13-22(28(37)40)32-27(39)20(33-29(41)42-7)10-8-9-11-24(38)36(5)6/h9,11,13-14,16,20H,8,10,12,15H2,1-7H3,(H,32,39)(H,33,41)(H,34,35)/b11-9+/t20-/m0/s1. The van der Waals surface area contributed by atoms with Gasteiger partial charge in [0.15, 0.2) is 5.82 Å². The van der Waals surface area contributed by atoms with Gasteiger partial charge in [-0.1, -0.05) is 19.9 Å². The molecule has 0 bridgehead atoms. The summed E-state index contributed by atoms with van der Waals surface area (Å²) in [6, 6.07) is 0.510. The minimum Gasteiger partial charge on any atom is -0.453 e. The quantitative estimate of drug-likeness (QED) is 0.293. The highest BCUT2D eigenvalue weighted by Crippen LogP contribution is 2.21. The zero-order valence-electron chi connectivity index (χ0n) is 25.0. The van der Waals surface area contributed by atoms with Crippen molar-refractivity contribution in [3.8, 4) is 0 Å². The Morgan fingerprint density at radius 2 is 1.95 bits per heavy atom. The average Bonchev–Trinajstić information content (AvgIpc) is 3.37. The van der Waals surface area contributed by atoms with Crippen LogP contribution in [0.5, 0.6) is 0 Å². The van der Waals surface area contributed by atoms with Gasteiger partial charge in [-0.2, -0.15) is 0 Å². The number of nitrogens with zero attached hydrogens (tertiary/aromatic N) is 4. The van der Waals surface area contributed by atoms with Crippen LogP contribution >= 0.6 is 0 Å².